The molecule has 1 amide bonds. The van der Waals surface area contributed by atoms with Crippen LogP contribution >= 0.6 is 11.6 Å². The van der Waals surface area contributed by atoms with Crippen molar-refractivity contribution in [2.45, 2.75) is 16.0 Å². The molecule has 0 saturated heterocycles. The maximum Gasteiger partial charge on any atom is 0.417 e. The number of carbonyl (C=O) groups excluding carboxylic acids is 1. The lowest BCUT2D eigenvalue weighted by molar-refractivity contribution is -0.384. The Morgan fingerprint density at radius 3 is 2.05 bits per heavy atom. The van der Waals surface area contributed by atoms with Crippen LogP contribution in [0.4, 0.5) is 35.9 Å². The van der Waals surface area contributed by atoms with E-state index < -0.39 is 65.6 Å². The molecule has 0 saturated carbocycles. The van der Waals surface area contributed by atoms with Crippen molar-refractivity contribution >= 4 is 60.3 Å². The molecule has 4 aromatic carbocycles. The summed E-state index contributed by atoms with van der Waals surface area (Å²) in [5.74, 6) is -0.919. The van der Waals surface area contributed by atoms with Gasteiger partial charge in [-0.25, -0.2) is 21.1 Å². The molecular weight excluding hydrogens is 649 g/mol. The van der Waals surface area contributed by atoms with Crippen molar-refractivity contribution in [3.05, 3.63) is 118 Å². The molecule has 230 valence electrons. The van der Waals surface area contributed by atoms with Gasteiger partial charge in [0.2, 0.25) is 5.91 Å². The second-order valence-corrected chi connectivity index (χ2v) is 12.9. The van der Waals surface area contributed by atoms with Gasteiger partial charge in [-0.2, -0.15) is 13.2 Å². The molecular formula is C27H20ClF3N4O7S2. The van der Waals surface area contributed by atoms with E-state index in [9.17, 15) is 44.9 Å². The van der Waals surface area contributed by atoms with E-state index in [2.05, 4.69) is 5.32 Å². The van der Waals surface area contributed by atoms with E-state index in [1.54, 1.807) is 6.07 Å². The van der Waals surface area contributed by atoms with Crippen LogP contribution in [0.2, 0.25) is 5.02 Å². The van der Waals surface area contributed by atoms with Crippen LogP contribution in [0, 0.1) is 10.1 Å². The van der Waals surface area contributed by atoms with Crippen molar-refractivity contribution < 1.29 is 39.7 Å². The summed E-state index contributed by atoms with van der Waals surface area (Å²) < 4.78 is 94.6. The lowest BCUT2D eigenvalue weighted by atomic mass is 10.2. The zero-order chi connectivity index (χ0) is 32.3. The molecule has 2 N–H and O–H groups in total. The molecule has 17 heteroatoms. The summed E-state index contributed by atoms with van der Waals surface area (Å²) >= 11 is 5.57. The standard InChI is InChI=1S/C27H20ClF3N4O7S2/c28-23-15-12-19(16-22(23)27(29,30)31)33-43(39,40)20-13-10-18(11-14-20)32-26(36)17-34(24-8-4-5-9-25(24)35(37)38)44(41,42)21-6-2-1-3-7-21/h1-16,33H,17H2,(H,32,36). The Balaban J connectivity index is 1.56. The number of rotatable bonds is 10. The molecule has 0 aliphatic heterocycles. The number of sulfonamides is 2. The van der Waals surface area contributed by atoms with Crippen LogP contribution in [0.5, 0.6) is 0 Å². The fraction of sp³-hybridized carbons (Fsp3) is 0.0741. The normalized spacial score (nSPS) is 11.9. The van der Waals surface area contributed by atoms with Gasteiger partial charge in [0.1, 0.15) is 12.2 Å². The van der Waals surface area contributed by atoms with Crippen LogP contribution in [-0.4, -0.2) is 34.2 Å². The van der Waals surface area contributed by atoms with Crippen molar-refractivity contribution in [2.24, 2.45) is 0 Å². The minimum absolute atomic E-state index is 0.0272. The second-order valence-electron chi connectivity index (χ2n) is 8.94. The number of hydrogen-bond donors (Lipinski definition) is 2. The molecule has 0 unspecified atom stereocenters. The van der Waals surface area contributed by atoms with Gasteiger partial charge in [0.15, 0.2) is 0 Å². The molecule has 44 heavy (non-hydrogen) atoms. The number of carbonyl (C=O) groups is 1. The van der Waals surface area contributed by atoms with Gasteiger partial charge in [0.25, 0.3) is 25.7 Å². The number of alkyl halides is 3. The highest BCUT2D eigenvalue weighted by molar-refractivity contribution is 7.93. The maximum absolute atomic E-state index is 13.5. The van der Waals surface area contributed by atoms with Crippen LogP contribution < -0.4 is 14.3 Å². The van der Waals surface area contributed by atoms with Crippen molar-refractivity contribution in [2.75, 3.05) is 20.9 Å². The summed E-state index contributed by atoms with van der Waals surface area (Å²) in [6.07, 6.45) is -4.82. The first kappa shape index (κ1) is 32.2. The Bertz CT molecular complexity index is 1930. The molecule has 0 aliphatic carbocycles. The zero-order valence-corrected chi connectivity index (χ0v) is 24.4. The first-order valence-electron chi connectivity index (χ1n) is 12.2. The third-order valence-corrected chi connectivity index (χ3v) is 9.44. The van der Waals surface area contributed by atoms with Gasteiger partial charge < -0.3 is 5.32 Å². The number of anilines is 3. The number of nitro groups is 1. The van der Waals surface area contributed by atoms with Gasteiger partial charge in [-0.15, -0.1) is 0 Å². The second kappa shape index (κ2) is 12.5. The Labute approximate surface area is 254 Å². The average molecular weight is 669 g/mol. The quantitative estimate of drug-likeness (QED) is 0.157. The lowest BCUT2D eigenvalue weighted by Crippen LogP contribution is -2.38. The molecule has 0 atom stereocenters. The Kier molecular flexibility index (Phi) is 9.17. The number of halogens is 4. The Morgan fingerprint density at radius 1 is 0.841 bits per heavy atom. The predicted octanol–water partition coefficient (Wildman–Crippen LogP) is 5.90. The first-order valence-corrected chi connectivity index (χ1v) is 15.5. The SMILES string of the molecule is O=C(CN(c1ccccc1[N+](=O)[O-])S(=O)(=O)c1ccccc1)Nc1ccc(S(=O)(=O)Nc2ccc(Cl)c(C(F)(F)F)c2)cc1. The summed E-state index contributed by atoms with van der Waals surface area (Å²) in [6, 6.07) is 18.9. The number of nitrogens with zero attached hydrogens (tertiary/aromatic N) is 2. The number of hydrogen-bond acceptors (Lipinski definition) is 7. The molecule has 4 rings (SSSR count). The number of amides is 1. The molecule has 0 fully saturated rings. The lowest BCUT2D eigenvalue weighted by Gasteiger charge is -2.23. The summed E-state index contributed by atoms with van der Waals surface area (Å²) in [6.45, 7) is -0.887. The number of para-hydroxylation sites is 2. The molecule has 0 heterocycles. The molecule has 11 nitrogen and oxygen atoms in total. The van der Waals surface area contributed by atoms with Gasteiger partial charge in [-0.05, 0) is 60.7 Å². The van der Waals surface area contributed by atoms with Crippen LogP contribution in [0.3, 0.4) is 0 Å². The number of nitrogens with one attached hydrogen (secondary N) is 2. The molecule has 0 radical (unpaired) electrons. The molecule has 0 aromatic heterocycles. The molecule has 0 bridgehead atoms. The van der Waals surface area contributed by atoms with E-state index in [-0.39, 0.29) is 21.2 Å². The Morgan fingerprint density at radius 2 is 1.43 bits per heavy atom. The van der Waals surface area contributed by atoms with Gasteiger partial charge in [-0.1, -0.05) is 41.9 Å². The highest BCUT2D eigenvalue weighted by atomic mass is 35.5. The molecule has 4 aromatic rings. The van der Waals surface area contributed by atoms with Gasteiger partial charge >= 0.3 is 6.18 Å². The first-order chi connectivity index (χ1) is 20.6. The fourth-order valence-corrected chi connectivity index (χ4v) is 6.65. The summed E-state index contributed by atoms with van der Waals surface area (Å²) in [7, 11) is -8.84. The maximum atomic E-state index is 13.5. The van der Waals surface area contributed by atoms with Gasteiger partial charge in [-0.3, -0.25) is 19.6 Å². The highest BCUT2D eigenvalue weighted by Gasteiger charge is 2.34. The van der Waals surface area contributed by atoms with Crippen molar-refractivity contribution in [1.29, 1.82) is 0 Å². The highest BCUT2D eigenvalue weighted by Crippen LogP contribution is 2.37. The van der Waals surface area contributed by atoms with Gasteiger partial charge in [0, 0.05) is 17.4 Å². The van der Waals surface area contributed by atoms with Crippen LogP contribution in [-0.2, 0) is 31.0 Å². The molecule has 0 spiro atoms. The minimum Gasteiger partial charge on any atom is -0.325 e. The van der Waals surface area contributed by atoms with E-state index in [4.69, 9.17) is 11.6 Å². The molecule has 0 aliphatic rings. The fourth-order valence-electron chi connectivity index (χ4n) is 3.92. The van der Waals surface area contributed by atoms with Crippen LogP contribution in [0.1, 0.15) is 5.56 Å². The third-order valence-electron chi connectivity index (χ3n) is 5.94. The smallest absolute Gasteiger partial charge is 0.325 e. The van der Waals surface area contributed by atoms with E-state index >= 15 is 0 Å². The van der Waals surface area contributed by atoms with Crippen LogP contribution in [0.15, 0.2) is 107 Å². The monoisotopic (exact) mass is 668 g/mol. The van der Waals surface area contributed by atoms with Crippen LogP contribution in [0.25, 0.3) is 0 Å². The summed E-state index contributed by atoms with van der Waals surface area (Å²) in [4.78, 5) is 23.3. The number of nitro benzene ring substituents is 1. The summed E-state index contributed by atoms with van der Waals surface area (Å²) in [5, 5.41) is 13.4. The summed E-state index contributed by atoms with van der Waals surface area (Å²) in [5.41, 5.74) is -2.53. The largest absolute Gasteiger partial charge is 0.417 e. The van der Waals surface area contributed by atoms with Gasteiger partial charge in [0.05, 0.1) is 25.3 Å². The van der Waals surface area contributed by atoms with E-state index in [1.807, 2.05) is 4.72 Å². The van der Waals surface area contributed by atoms with E-state index in [0.717, 1.165) is 42.5 Å². The van der Waals surface area contributed by atoms with Crippen molar-refractivity contribution in [3.8, 4) is 0 Å². The van der Waals surface area contributed by atoms with Crippen molar-refractivity contribution in [1.82, 2.24) is 0 Å². The third kappa shape index (κ3) is 7.27. The number of benzene rings is 4. The van der Waals surface area contributed by atoms with E-state index in [0.29, 0.717) is 10.4 Å². The van der Waals surface area contributed by atoms with Crippen molar-refractivity contribution in [3.63, 3.8) is 0 Å². The van der Waals surface area contributed by atoms with E-state index in [1.165, 1.54) is 42.5 Å². The zero-order valence-electron chi connectivity index (χ0n) is 22.0. The Hall–Kier alpha value is -4.67. The minimum atomic E-state index is -4.82. The predicted molar refractivity (Wildman–Crippen MR) is 156 cm³/mol. The average Bonchev–Trinajstić information content (AvgIpc) is 2.97. The topological polar surface area (TPSA) is 156 Å².